The minimum Gasteiger partial charge on any atom is -0.484 e. The maximum Gasteiger partial charge on any atom is 0.312 e. The molecule has 4 amide bonds. The highest BCUT2D eigenvalue weighted by Gasteiger charge is 2.15. The summed E-state index contributed by atoms with van der Waals surface area (Å²) in [7, 11) is 0. The molecule has 1 aromatic carbocycles. The average molecular weight is 336 g/mol. The van der Waals surface area contributed by atoms with Gasteiger partial charge in [-0.15, -0.1) is 0 Å². The summed E-state index contributed by atoms with van der Waals surface area (Å²) in [5, 5.41) is 2.19. The number of urea groups is 1. The Morgan fingerprint density at radius 3 is 2.21 bits per heavy atom. The van der Waals surface area contributed by atoms with Gasteiger partial charge in [0.2, 0.25) is 0 Å². The molecule has 1 rings (SSSR count). The number of benzene rings is 1. The van der Waals surface area contributed by atoms with Gasteiger partial charge in [0, 0.05) is 0 Å². The molecule has 0 aliphatic carbocycles. The van der Waals surface area contributed by atoms with Gasteiger partial charge in [-0.25, -0.2) is 4.79 Å². The zero-order chi connectivity index (χ0) is 18.3. The Labute approximate surface area is 141 Å². The molecule has 24 heavy (non-hydrogen) atoms. The van der Waals surface area contributed by atoms with Crippen LogP contribution in [-0.4, -0.2) is 30.5 Å². The zero-order valence-corrected chi connectivity index (χ0v) is 14.3. The van der Waals surface area contributed by atoms with Crippen molar-refractivity contribution in [1.82, 2.24) is 16.2 Å². The van der Waals surface area contributed by atoms with Crippen molar-refractivity contribution in [2.75, 3.05) is 6.61 Å². The van der Waals surface area contributed by atoms with Crippen molar-refractivity contribution < 1.29 is 19.1 Å². The first-order chi connectivity index (χ1) is 11.1. The molecule has 0 saturated heterocycles. The normalized spacial score (nSPS) is 12.0. The van der Waals surface area contributed by atoms with Crippen LogP contribution in [-0.2, 0) is 15.0 Å². The zero-order valence-electron chi connectivity index (χ0n) is 14.3. The van der Waals surface area contributed by atoms with Crippen molar-refractivity contribution >= 4 is 17.8 Å². The maximum absolute atomic E-state index is 11.6. The van der Waals surface area contributed by atoms with Gasteiger partial charge in [-0.3, -0.25) is 20.4 Å². The molecular weight excluding hydrogens is 312 g/mol. The molecule has 132 valence electrons. The number of amides is 4. The quantitative estimate of drug-likeness (QED) is 0.587. The largest absolute Gasteiger partial charge is 0.484 e. The van der Waals surface area contributed by atoms with Gasteiger partial charge in [0.1, 0.15) is 11.8 Å². The number of carbonyl (C=O) groups excluding carboxylic acids is 3. The highest BCUT2D eigenvalue weighted by atomic mass is 16.5. The van der Waals surface area contributed by atoms with E-state index in [9.17, 15) is 14.4 Å². The van der Waals surface area contributed by atoms with E-state index in [4.69, 9.17) is 10.5 Å². The topological polar surface area (TPSA) is 123 Å². The fourth-order valence-electron chi connectivity index (χ4n) is 1.75. The van der Waals surface area contributed by atoms with Crippen molar-refractivity contribution in [3.05, 3.63) is 29.8 Å². The highest BCUT2D eigenvalue weighted by molar-refractivity contribution is 5.88. The summed E-state index contributed by atoms with van der Waals surface area (Å²) in [4.78, 5) is 33.8. The minimum absolute atomic E-state index is 0.0375. The van der Waals surface area contributed by atoms with E-state index in [1.165, 1.54) is 6.92 Å². The van der Waals surface area contributed by atoms with E-state index in [0.29, 0.717) is 5.75 Å². The van der Waals surface area contributed by atoms with Crippen LogP contribution in [0.1, 0.15) is 33.3 Å². The SMILES string of the molecule is C[C@H](NC(N)=O)C(=O)NNC(=O)COc1ccc(C(C)(C)C)cc1. The van der Waals surface area contributed by atoms with Gasteiger partial charge in [0.15, 0.2) is 6.61 Å². The van der Waals surface area contributed by atoms with Gasteiger partial charge in [-0.2, -0.15) is 0 Å². The van der Waals surface area contributed by atoms with E-state index < -0.39 is 23.9 Å². The summed E-state index contributed by atoms with van der Waals surface area (Å²) in [5.41, 5.74) is 10.4. The third-order valence-corrected chi connectivity index (χ3v) is 3.17. The van der Waals surface area contributed by atoms with Crippen LogP contribution in [0, 0.1) is 0 Å². The van der Waals surface area contributed by atoms with Crippen molar-refractivity contribution in [2.45, 2.75) is 39.2 Å². The number of nitrogens with one attached hydrogen (secondary N) is 3. The summed E-state index contributed by atoms with van der Waals surface area (Å²) < 4.78 is 5.34. The fourth-order valence-corrected chi connectivity index (χ4v) is 1.75. The molecule has 0 aromatic heterocycles. The van der Waals surface area contributed by atoms with Gasteiger partial charge >= 0.3 is 6.03 Å². The fraction of sp³-hybridized carbons (Fsp3) is 0.438. The lowest BCUT2D eigenvalue weighted by Gasteiger charge is -2.19. The standard InChI is InChI=1S/C16H24N4O4/c1-10(18-15(17)23)14(22)20-19-13(21)9-24-12-7-5-11(6-8-12)16(2,3)4/h5-8,10H,9H2,1-4H3,(H,19,21)(H,20,22)(H3,17,18,23)/t10-/m0/s1. The van der Waals surface area contributed by atoms with E-state index in [2.05, 4.69) is 36.9 Å². The van der Waals surface area contributed by atoms with Gasteiger partial charge in [0.05, 0.1) is 0 Å². The monoisotopic (exact) mass is 336 g/mol. The lowest BCUT2D eigenvalue weighted by molar-refractivity contribution is -0.130. The Balaban J connectivity index is 2.38. The second kappa shape index (κ2) is 8.19. The molecular formula is C16H24N4O4. The number of rotatable bonds is 5. The smallest absolute Gasteiger partial charge is 0.312 e. The number of primary amides is 1. The predicted octanol–water partition coefficient (Wildman–Crippen LogP) is 0.567. The van der Waals surface area contributed by atoms with Crippen LogP contribution in [0.15, 0.2) is 24.3 Å². The molecule has 0 spiro atoms. The first kappa shape index (κ1) is 19.3. The van der Waals surface area contributed by atoms with Gasteiger partial charge in [0.25, 0.3) is 11.8 Å². The van der Waals surface area contributed by atoms with Crippen molar-refractivity contribution in [3.63, 3.8) is 0 Å². The van der Waals surface area contributed by atoms with Crippen LogP contribution in [0.4, 0.5) is 4.79 Å². The Morgan fingerprint density at radius 1 is 1.12 bits per heavy atom. The van der Waals surface area contributed by atoms with Crippen molar-refractivity contribution in [3.8, 4) is 5.75 Å². The third kappa shape index (κ3) is 6.55. The molecule has 0 heterocycles. The first-order valence-corrected chi connectivity index (χ1v) is 7.47. The molecule has 8 nitrogen and oxygen atoms in total. The number of nitrogens with two attached hydrogens (primary N) is 1. The van der Waals surface area contributed by atoms with E-state index in [-0.39, 0.29) is 12.0 Å². The molecule has 0 aliphatic heterocycles. The number of hydrazine groups is 1. The molecule has 0 saturated carbocycles. The third-order valence-electron chi connectivity index (χ3n) is 3.17. The minimum atomic E-state index is -0.867. The average Bonchev–Trinajstić information content (AvgIpc) is 2.49. The second-order valence-electron chi connectivity index (χ2n) is 6.33. The van der Waals surface area contributed by atoms with E-state index in [0.717, 1.165) is 5.56 Å². The van der Waals surface area contributed by atoms with Crippen molar-refractivity contribution in [1.29, 1.82) is 0 Å². The summed E-state index contributed by atoms with van der Waals surface area (Å²) in [6.45, 7) is 7.49. The second-order valence-corrected chi connectivity index (χ2v) is 6.33. The molecule has 5 N–H and O–H groups in total. The summed E-state index contributed by atoms with van der Waals surface area (Å²) in [6, 6.07) is 5.74. The molecule has 0 radical (unpaired) electrons. The number of carbonyl (C=O) groups is 3. The maximum atomic E-state index is 11.6. The molecule has 0 aliphatic rings. The number of hydrogen-bond donors (Lipinski definition) is 4. The van der Waals surface area contributed by atoms with Crippen LogP contribution in [0.5, 0.6) is 5.75 Å². The first-order valence-electron chi connectivity index (χ1n) is 7.47. The number of ether oxygens (including phenoxy) is 1. The Morgan fingerprint density at radius 2 is 1.71 bits per heavy atom. The Hall–Kier alpha value is -2.77. The number of hydrogen-bond acceptors (Lipinski definition) is 4. The summed E-state index contributed by atoms with van der Waals surface area (Å²) in [5.74, 6) is -0.584. The molecule has 0 fully saturated rings. The molecule has 0 bridgehead atoms. The molecule has 1 aromatic rings. The van der Waals surface area contributed by atoms with Crippen LogP contribution < -0.4 is 26.6 Å². The predicted molar refractivity (Wildman–Crippen MR) is 89.1 cm³/mol. The molecule has 8 heteroatoms. The van der Waals surface area contributed by atoms with Crippen LogP contribution >= 0.6 is 0 Å². The van der Waals surface area contributed by atoms with Gasteiger partial charge < -0.3 is 15.8 Å². The van der Waals surface area contributed by atoms with Gasteiger partial charge in [-0.05, 0) is 30.0 Å². The molecule has 1 atom stereocenters. The Bertz CT molecular complexity index is 593. The van der Waals surface area contributed by atoms with Crippen LogP contribution in [0.2, 0.25) is 0 Å². The van der Waals surface area contributed by atoms with Crippen molar-refractivity contribution in [2.24, 2.45) is 5.73 Å². The lowest BCUT2D eigenvalue weighted by Crippen LogP contribution is -2.52. The van der Waals surface area contributed by atoms with E-state index >= 15 is 0 Å². The van der Waals surface area contributed by atoms with Crippen LogP contribution in [0.25, 0.3) is 0 Å². The van der Waals surface area contributed by atoms with Crippen LogP contribution in [0.3, 0.4) is 0 Å². The summed E-state index contributed by atoms with van der Waals surface area (Å²) >= 11 is 0. The molecule has 0 unspecified atom stereocenters. The lowest BCUT2D eigenvalue weighted by atomic mass is 9.87. The summed E-state index contributed by atoms with van der Waals surface area (Å²) in [6.07, 6.45) is 0. The highest BCUT2D eigenvalue weighted by Crippen LogP contribution is 2.24. The Kier molecular flexibility index (Phi) is 6.58. The van der Waals surface area contributed by atoms with E-state index in [1.54, 1.807) is 12.1 Å². The van der Waals surface area contributed by atoms with Gasteiger partial charge in [-0.1, -0.05) is 32.9 Å². The van der Waals surface area contributed by atoms with E-state index in [1.807, 2.05) is 12.1 Å².